The van der Waals surface area contributed by atoms with E-state index in [1.165, 1.54) is 0 Å². The van der Waals surface area contributed by atoms with Crippen molar-refractivity contribution in [2.24, 2.45) is 0 Å². The van der Waals surface area contributed by atoms with Gasteiger partial charge in [-0.1, -0.05) is 0 Å². The highest BCUT2D eigenvalue weighted by Crippen LogP contribution is 2.40. The smallest absolute Gasteiger partial charge is 0.366 e. The minimum Gasteiger partial charge on any atom is -0.458 e. The maximum atomic E-state index is 12.5. The van der Waals surface area contributed by atoms with Crippen LogP contribution in [0.4, 0.5) is 0 Å². The van der Waals surface area contributed by atoms with Crippen LogP contribution in [0.15, 0.2) is 0 Å². The Bertz CT molecular complexity index is 523. The lowest BCUT2D eigenvalue weighted by atomic mass is 9.87. The number of carbonyl (C=O) groups excluding carboxylic acids is 2. The van der Waals surface area contributed by atoms with Crippen LogP contribution in [-0.2, 0) is 33.6 Å². The maximum absolute atomic E-state index is 12.5. The van der Waals surface area contributed by atoms with Crippen molar-refractivity contribution in [1.82, 2.24) is 4.31 Å². The SMILES string of the molecule is CC(C)(C)OC(=O)C12CCOCC1OS(=O)(=O)N2C=O. The van der Waals surface area contributed by atoms with Crippen LogP contribution in [-0.4, -0.2) is 55.6 Å². The zero-order valence-corrected chi connectivity index (χ0v) is 12.3. The summed E-state index contributed by atoms with van der Waals surface area (Å²) in [5.74, 6) is -0.800. The van der Waals surface area contributed by atoms with Gasteiger partial charge in [-0.3, -0.25) is 4.79 Å². The number of rotatable bonds is 2. The predicted molar refractivity (Wildman–Crippen MR) is 65.7 cm³/mol. The molecule has 0 bridgehead atoms. The fraction of sp³-hybridized carbons (Fsp3) is 0.818. The van der Waals surface area contributed by atoms with Gasteiger partial charge in [0.05, 0.1) is 6.61 Å². The van der Waals surface area contributed by atoms with Crippen molar-refractivity contribution >= 4 is 22.7 Å². The van der Waals surface area contributed by atoms with Gasteiger partial charge in [0.25, 0.3) is 0 Å². The van der Waals surface area contributed by atoms with Gasteiger partial charge in [-0.2, -0.15) is 12.7 Å². The molecule has 2 unspecified atom stereocenters. The van der Waals surface area contributed by atoms with E-state index in [4.69, 9.17) is 13.7 Å². The van der Waals surface area contributed by atoms with Crippen molar-refractivity contribution < 1.29 is 31.7 Å². The molecule has 0 saturated carbocycles. The summed E-state index contributed by atoms with van der Waals surface area (Å²) in [6, 6.07) is 0. The Balaban J connectivity index is 2.46. The quantitative estimate of drug-likeness (QED) is 0.505. The van der Waals surface area contributed by atoms with Crippen molar-refractivity contribution in [3.8, 4) is 0 Å². The number of esters is 1. The normalized spacial score (nSPS) is 32.5. The Hall–Kier alpha value is -1.19. The molecule has 0 aromatic carbocycles. The van der Waals surface area contributed by atoms with Crippen molar-refractivity contribution in [2.75, 3.05) is 13.2 Å². The fourth-order valence-electron chi connectivity index (χ4n) is 2.31. The molecular formula is C11H17NO7S. The average molecular weight is 307 g/mol. The lowest BCUT2D eigenvalue weighted by molar-refractivity contribution is -0.177. The first-order valence-corrected chi connectivity index (χ1v) is 7.49. The zero-order valence-electron chi connectivity index (χ0n) is 11.5. The standard InChI is InChI=1S/C11H17NO7S/c1-10(2,3)18-9(14)11-4-5-17-6-8(11)19-20(15,16)12(11)7-13/h7-8H,4-6H2,1-3H3. The van der Waals surface area contributed by atoms with E-state index in [-0.39, 0.29) is 26.0 Å². The van der Waals surface area contributed by atoms with Crippen molar-refractivity contribution in [3.05, 3.63) is 0 Å². The Morgan fingerprint density at radius 1 is 1.45 bits per heavy atom. The zero-order chi connectivity index (χ0) is 15.2. The summed E-state index contributed by atoms with van der Waals surface area (Å²) >= 11 is 0. The van der Waals surface area contributed by atoms with Crippen LogP contribution in [0.25, 0.3) is 0 Å². The fourth-order valence-corrected chi connectivity index (χ4v) is 3.69. The largest absolute Gasteiger partial charge is 0.458 e. The molecule has 0 radical (unpaired) electrons. The van der Waals surface area contributed by atoms with Gasteiger partial charge in [-0.25, -0.2) is 8.98 Å². The lowest BCUT2D eigenvalue weighted by Crippen LogP contribution is -2.62. The third-order valence-electron chi connectivity index (χ3n) is 3.15. The Kier molecular flexibility index (Phi) is 3.55. The number of amides is 1. The summed E-state index contributed by atoms with van der Waals surface area (Å²) in [5.41, 5.74) is -2.48. The van der Waals surface area contributed by atoms with Gasteiger partial charge >= 0.3 is 16.3 Å². The number of fused-ring (bicyclic) bond motifs is 1. The number of ether oxygens (including phenoxy) is 2. The molecule has 1 amide bonds. The predicted octanol–water partition coefficient (Wildman–Crippen LogP) is -0.411. The van der Waals surface area contributed by atoms with Crippen LogP contribution in [0.5, 0.6) is 0 Å². The van der Waals surface area contributed by atoms with Gasteiger partial charge in [0, 0.05) is 13.0 Å². The van der Waals surface area contributed by atoms with Gasteiger partial charge in [0.1, 0.15) is 11.7 Å². The number of carbonyl (C=O) groups is 2. The van der Waals surface area contributed by atoms with Gasteiger partial charge in [0.15, 0.2) is 5.54 Å². The van der Waals surface area contributed by atoms with Crippen LogP contribution in [0.3, 0.4) is 0 Å². The van der Waals surface area contributed by atoms with E-state index in [2.05, 4.69) is 0 Å². The van der Waals surface area contributed by atoms with Crippen molar-refractivity contribution in [2.45, 2.75) is 44.4 Å². The summed E-state index contributed by atoms with van der Waals surface area (Å²) < 4.78 is 39.3. The summed E-state index contributed by atoms with van der Waals surface area (Å²) in [6.45, 7) is 5.02. The number of nitrogens with zero attached hydrogens (tertiary/aromatic N) is 1. The van der Waals surface area contributed by atoms with Gasteiger partial charge in [0.2, 0.25) is 6.41 Å². The first kappa shape index (κ1) is 15.2. The van der Waals surface area contributed by atoms with Crippen LogP contribution in [0.1, 0.15) is 27.2 Å². The van der Waals surface area contributed by atoms with E-state index >= 15 is 0 Å². The average Bonchev–Trinajstić information content (AvgIpc) is 2.53. The highest BCUT2D eigenvalue weighted by molar-refractivity contribution is 7.85. The van der Waals surface area contributed by atoms with Crippen LogP contribution in [0, 0.1) is 0 Å². The molecule has 9 heteroatoms. The van der Waals surface area contributed by atoms with Crippen LogP contribution < -0.4 is 0 Å². The highest BCUT2D eigenvalue weighted by atomic mass is 32.2. The Morgan fingerprint density at radius 3 is 2.65 bits per heavy atom. The molecule has 0 N–H and O–H groups in total. The lowest BCUT2D eigenvalue weighted by Gasteiger charge is -2.38. The maximum Gasteiger partial charge on any atom is 0.366 e. The summed E-state index contributed by atoms with van der Waals surface area (Å²) in [4.78, 5) is 23.6. The van der Waals surface area contributed by atoms with Gasteiger partial charge < -0.3 is 9.47 Å². The third-order valence-corrected chi connectivity index (χ3v) is 4.52. The van der Waals surface area contributed by atoms with E-state index in [0.717, 1.165) is 0 Å². The topological polar surface area (TPSA) is 99.2 Å². The molecule has 0 aliphatic carbocycles. The van der Waals surface area contributed by atoms with Crippen molar-refractivity contribution in [3.63, 3.8) is 0 Å². The number of hydrogen-bond acceptors (Lipinski definition) is 7. The molecule has 2 saturated heterocycles. The summed E-state index contributed by atoms with van der Waals surface area (Å²) in [5, 5.41) is 0. The Labute approximate surface area is 117 Å². The second kappa shape index (κ2) is 4.68. The molecule has 2 fully saturated rings. The van der Waals surface area contributed by atoms with E-state index in [1.807, 2.05) is 0 Å². The first-order chi connectivity index (χ1) is 9.13. The van der Waals surface area contributed by atoms with Crippen molar-refractivity contribution in [1.29, 1.82) is 0 Å². The first-order valence-electron chi connectivity index (χ1n) is 6.13. The molecule has 20 heavy (non-hydrogen) atoms. The third kappa shape index (κ3) is 2.29. The molecule has 2 aliphatic rings. The summed E-state index contributed by atoms with van der Waals surface area (Å²) in [6.07, 6.45) is -0.990. The van der Waals surface area contributed by atoms with E-state index in [0.29, 0.717) is 4.31 Å². The van der Waals surface area contributed by atoms with Gasteiger partial charge in [-0.15, -0.1) is 0 Å². The van der Waals surface area contributed by atoms with Crippen LogP contribution in [0.2, 0.25) is 0 Å². The molecule has 0 aromatic heterocycles. The minimum atomic E-state index is -4.29. The second-order valence-corrected chi connectivity index (χ2v) is 7.14. The molecule has 2 heterocycles. The Morgan fingerprint density at radius 2 is 2.10 bits per heavy atom. The molecule has 2 atom stereocenters. The van der Waals surface area contributed by atoms with E-state index in [9.17, 15) is 18.0 Å². The molecule has 8 nitrogen and oxygen atoms in total. The van der Waals surface area contributed by atoms with E-state index in [1.54, 1.807) is 20.8 Å². The molecule has 0 spiro atoms. The second-order valence-electron chi connectivity index (χ2n) is 5.69. The van der Waals surface area contributed by atoms with Crippen LogP contribution >= 0.6 is 0 Å². The molecule has 0 aromatic rings. The minimum absolute atomic E-state index is 0.00451. The molecule has 2 aliphatic heterocycles. The molecular weight excluding hydrogens is 290 g/mol. The highest BCUT2D eigenvalue weighted by Gasteiger charge is 2.65. The molecule has 2 rings (SSSR count). The van der Waals surface area contributed by atoms with E-state index < -0.39 is 33.5 Å². The number of hydrogen-bond donors (Lipinski definition) is 0. The summed E-state index contributed by atoms with van der Waals surface area (Å²) in [7, 11) is -4.29. The monoisotopic (exact) mass is 307 g/mol. The van der Waals surface area contributed by atoms with Gasteiger partial charge in [-0.05, 0) is 20.8 Å². The molecule has 114 valence electrons.